The van der Waals surface area contributed by atoms with Crippen molar-refractivity contribution in [3.8, 4) is 11.3 Å². The van der Waals surface area contributed by atoms with Crippen LogP contribution in [0.1, 0.15) is 30.1 Å². The number of carbonyl (C=O) groups excluding carboxylic acids is 1. The number of anilines is 1. The lowest BCUT2D eigenvalue weighted by Gasteiger charge is -2.10. The molecule has 32 heavy (non-hydrogen) atoms. The van der Waals surface area contributed by atoms with Gasteiger partial charge in [-0.3, -0.25) is 4.79 Å². The quantitative estimate of drug-likeness (QED) is 0.326. The minimum absolute atomic E-state index is 0.128. The van der Waals surface area contributed by atoms with Gasteiger partial charge in [-0.05, 0) is 24.5 Å². The Morgan fingerprint density at radius 3 is 2.69 bits per heavy atom. The molecule has 1 N–H and O–H groups in total. The van der Waals surface area contributed by atoms with Crippen molar-refractivity contribution >= 4 is 45.7 Å². The van der Waals surface area contributed by atoms with E-state index in [9.17, 15) is 4.79 Å². The van der Waals surface area contributed by atoms with Gasteiger partial charge in [-0.2, -0.15) is 0 Å². The number of benzene rings is 2. The summed E-state index contributed by atoms with van der Waals surface area (Å²) in [7, 11) is 0. The molecule has 2 heterocycles. The van der Waals surface area contributed by atoms with E-state index in [4.69, 9.17) is 11.6 Å². The first-order valence-electron chi connectivity index (χ1n) is 10.3. The molecule has 9 heteroatoms. The van der Waals surface area contributed by atoms with E-state index in [0.29, 0.717) is 22.6 Å². The number of thiazole rings is 1. The summed E-state index contributed by atoms with van der Waals surface area (Å²) in [5, 5.41) is 15.5. The SMILES string of the molecule is O=C(CSc1nnc(C2CC2)n1Cc1ccccc1)Nc1nc(-c2ccccc2Cl)cs1. The fourth-order valence-electron chi connectivity index (χ4n) is 3.37. The van der Waals surface area contributed by atoms with E-state index in [0.717, 1.165) is 35.1 Å². The van der Waals surface area contributed by atoms with E-state index in [1.807, 2.05) is 47.8 Å². The number of carbonyl (C=O) groups is 1. The van der Waals surface area contributed by atoms with E-state index >= 15 is 0 Å². The first kappa shape index (κ1) is 21.2. The van der Waals surface area contributed by atoms with Gasteiger partial charge in [-0.1, -0.05) is 71.9 Å². The zero-order valence-electron chi connectivity index (χ0n) is 17.1. The highest BCUT2D eigenvalue weighted by Gasteiger charge is 2.30. The van der Waals surface area contributed by atoms with Gasteiger partial charge in [0.05, 0.1) is 18.0 Å². The predicted molar refractivity (Wildman–Crippen MR) is 129 cm³/mol. The lowest BCUT2D eigenvalue weighted by Crippen LogP contribution is -2.15. The summed E-state index contributed by atoms with van der Waals surface area (Å²) >= 11 is 9.03. The normalized spacial score (nSPS) is 13.3. The van der Waals surface area contributed by atoms with Crippen molar-refractivity contribution in [2.75, 3.05) is 11.1 Å². The molecule has 0 spiro atoms. The van der Waals surface area contributed by atoms with E-state index in [2.05, 4.69) is 37.2 Å². The summed E-state index contributed by atoms with van der Waals surface area (Å²) in [4.78, 5) is 17.1. The van der Waals surface area contributed by atoms with E-state index in [1.165, 1.54) is 28.7 Å². The highest BCUT2D eigenvalue weighted by Crippen LogP contribution is 2.40. The molecule has 0 saturated heterocycles. The van der Waals surface area contributed by atoms with Crippen molar-refractivity contribution in [3.05, 3.63) is 76.4 Å². The Bertz CT molecular complexity index is 1240. The predicted octanol–water partition coefficient (Wildman–Crippen LogP) is 5.71. The van der Waals surface area contributed by atoms with Crippen LogP contribution in [0.2, 0.25) is 5.02 Å². The third kappa shape index (κ3) is 4.87. The standard InChI is InChI=1S/C23H20ClN5OS2/c24-18-9-5-4-8-17(18)19-13-31-22(25-19)26-20(30)14-32-23-28-27-21(16-10-11-16)29(23)12-15-6-2-1-3-7-15/h1-9,13,16H,10-12,14H2,(H,25,26,30). The highest BCUT2D eigenvalue weighted by molar-refractivity contribution is 7.99. The second-order valence-electron chi connectivity index (χ2n) is 7.54. The molecule has 6 nitrogen and oxygen atoms in total. The maximum Gasteiger partial charge on any atom is 0.236 e. The van der Waals surface area contributed by atoms with E-state index in [-0.39, 0.29) is 11.7 Å². The van der Waals surface area contributed by atoms with Crippen LogP contribution in [-0.2, 0) is 11.3 Å². The molecule has 2 aromatic heterocycles. The minimum atomic E-state index is -0.128. The number of hydrogen-bond acceptors (Lipinski definition) is 6. The topological polar surface area (TPSA) is 72.7 Å². The number of thioether (sulfide) groups is 1. The molecule has 0 bridgehead atoms. The monoisotopic (exact) mass is 481 g/mol. The third-order valence-electron chi connectivity index (χ3n) is 5.10. The van der Waals surface area contributed by atoms with Crippen LogP contribution >= 0.6 is 34.7 Å². The number of aromatic nitrogens is 4. The Kier molecular flexibility index (Phi) is 6.25. The minimum Gasteiger partial charge on any atom is -0.301 e. The van der Waals surface area contributed by atoms with Gasteiger partial charge >= 0.3 is 0 Å². The number of amides is 1. The Balaban J connectivity index is 1.24. The fourth-order valence-corrected chi connectivity index (χ4v) is 5.08. The van der Waals surface area contributed by atoms with Crippen LogP contribution in [-0.4, -0.2) is 31.4 Å². The van der Waals surface area contributed by atoms with Gasteiger partial charge in [-0.15, -0.1) is 21.5 Å². The average molecular weight is 482 g/mol. The molecule has 0 unspecified atom stereocenters. The lowest BCUT2D eigenvalue weighted by molar-refractivity contribution is -0.113. The summed E-state index contributed by atoms with van der Waals surface area (Å²) in [5.41, 5.74) is 2.79. The van der Waals surface area contributed by atoms with Gasteiger partial charge in [0.15, 0.2) is 10.3 Å². The molecular formula is C23H20ClN5OS2. The molecule has 0 atom stereocenters. The van der Waals surface area contributed by atoms with Gasteiger partial charge in [0.1, 0.15) is 5.82 Å². The number of halogens is 1. The molecular weight excluding hydrogens is 462 g/mol. The van der Waals surface area contributed by atoms with Crippen LogP contribution in [0.25, 0.3) is 11.3 Å². The summed E-state index contributed by atoms with van der Waals surface area (Å²) in [5.74, 6) is 1.60. The van der Waals surface area contributed by atoms with E-state index in [1.54, 1.807) is 0 Å². The van der Waals surface area contributed by atoms with E-state index < -0.39 is 0 Å². The van der Waals surface area contributed by atoms with Crippen LogP contribution < -0.4 is 5.32 Å². The van der Waals surface area contributed by atoms with Crippen molar-refractivity contribution in [3.63, 3.8) is 0 Å². The van der Waals surface area contributed by atoms with Gasteiger partial charge in [0.25, 0.3) is 0 Å². The van der Waals surface area contributed by atoms with Crippen LogP contribution in [0.5, 0.6) is 0 Å². The Hall–Kier alpha value is -2.68. The molecule has 1 fully saturated rings. The van der Waals surface area contributed by atoms with Crippen molar-refractivity contribution in [1.29, 1.82) is 0 Å². The molecule has 2 aromatic carbocycles. The molecule has 1 aliphatic rings. The third-order valence-corrected chi connectivity index (χ3v) is 7.16. The van der Waals surface area contributed by atoms with Gasteiger partial charge < -0.3 is 9.88 Å². The summed E-state index contributed by atoms with van der Waals surface area (Å²) < 4.78 is 2.14. The molecule has 0 aliphatic heterocycles. The number of nitrogens with one attached hydrogen (secondary N) is 1. The Labute approximate surface area is 199 Å². The molecule has 5 rings (SSSR count). The first-order chi connectivity index (χ1) is 15.7. The molecule has 0 radical (unpaired) electrons. The largest absolute Gasteiger partial charge is 0.301 e. The molecule has 162 valence electrons. The number of nitrogens with zero attached hydrogens (tertiary/aromatic N) is 4. The van der Waals surface area contributed by atoms with Crippen molar-refractivity contribution in [2.24, 2.45) is 0 Å². The second-order valence-corrected chi connectivity index (χ2v) is 9.75. The highest BCUT2D eigenvalue weighted by atomic mass is 35.5. The zero-order valence-corrected chi connectivity index (χ0v) is 19.5. The maximum absolute atomic E-state index is 12.6. The van der Waals surface area contributed by atoms with Gasteiger partial charge in [0, 0.05) is 21.9 Å². The lowest BCUT2D eigenvalue weighted by atomic mass is 10.2. The fraction of sp³-hybridized carbons (Fsp3) is 0.217. The smallest absolute Gasteiger partial charge is 0.236 e. The average Bonchev–Trinajstić information content (AvgIpc) is 3.42. The van der Waals surface area contributed by atoms with Crippen LogP contribution in [0.3, 0.4) is 0 Å². The first-order valence-corrected chi connectivity index (χ1v) is 12.5. The number of hydrogen-bond donors (Lipinski definition) is 1. The molecule has 4 aromatic rings. The van der Waals surface area contributed by atoms with Crippen LogP contribution in [0.15, 0.2) is 65.1 Å². The summed E-state index contributed by atoms with van der Waals surface area (Å²) in [6.45, 7) is 0.706. The molecule has 1 aliphatic carbocycles. The molecule has 1 saturated carbocycles. The van der Waals surface area contributed by atoms with Crippen molar-refractivity contribution < 1.29 is 4.79 Å². The van der Waals surface area contributed by atoms with Crippen LogP contribution in [0, 0.1) is 0 Å². The van der Waals surface area contributed by atoms with Crippen LogP contribution in [0.4, 0.5) is 5.13 Å². The maximum atomic E-state index is 12.6. The van der Waals surface area contributed by atoms with Crippen molar-refractivity contribution in [2.45, 2.75) is 30.5 Å². The Morgan fingerprint density at radius 2 is 1.91 bits per heavy atom. The zero-order chi connectivity index (χ0) is 21.9. The summed E-state index contributed by atoms with van der Waals surface area (Å²) in [6, 6.07) is 17.8. The Morgan fingerprint density at radius 1 is 1.12 bits per heavy atom. The van der Waals surface area contributed by atoms with Crippen molar-refractivity contribution in [1.82, 2.24) is 19.7 Å². The second kappa shape index (κ2) is 9.44. The summed E-state index contributed by atoms with van der Waals surface area (Å²) in [6.07, 6.45) is 2.30. The van der Waals surface area contributed by atoms with Gasteiger partial charge in [0.2, 0.25) is 5.91 Å². The molecule has 1 amide bonds. The van der Waals surface area contributed by atoms with Gasteiger partial charge in [-0.25, -0.2) is 4.98 Å². The number of rotatable bonds is 8.